The molecule has 4 saturated heterocycles. The molecule has 562 valence electrons. The van der Waals surface area contributed by atoms with E-state index in [1.165, 1.54) is 16.4 Å². The Balaban J connectivity index is 0.000000132. The first-order valence-corrected chi connectivity index (χ1v) is 38.2. The molecule has 5 aromatic heterocycles. The summed E-state index contributed by atoms with van der Waals surface area (Å²) in [7, 11) is 0.386. The van der Waals surface area contributed by atoms with E-state index >= 15 is 0 Å². The molecule has 24 nitrogen and oxygen atoms in total. The first-order chi connectivity index (χ1) is 50.6. The number of H-pyrrole nitrogens is 5. The average Bonchev–Trinajstić information content (AvgIpc) is 1.57. The van der Waals surface area contributed by atoms with Gasteiger partial charge in [0.05, 0.1) is 64.8 Å². The van der Waals surface area contributed by atoms with E-state index in [2.05, 4.69) is 75.7 Å². The number of alkyl halides is 3. The van der Waals surface area contributed by atoms with Crippen molar-refractivity contribution in [3.63, 3.8) is 0 Å². The summed E-state index contributed by atoms with van der Waals surface area (Å²) in [6, 6.07) is 26.4. The fourth-order valence-electron chi connectivity index (χ4n) is 14.2. The molecule has 3 amide bonds. The van der Waals surface area contributed by atoms with E-state index in [0.29, 0.717) is 75.3 Å². The number of fused-ring (bicyclic) bond motifs is 5. The Morgan fingerprint density at radius 1 is 0.547 bits per heavy atom. The van der Waals surface area contributed by atoms with Gasteiger partial charge in [0.2, 0.25) is 27.7 Å². The molecular weight excluding hydrogens is 1470 g/mol. The number of benzene rings is 6. The zero-order chi connectivity index (χ0) is 75.7. The molecule has 4 aliphatic heterocycles. The Hall–Kier alpha value is -9.19. The molecule has 11 aromatic rings. The molecule has 6 aromatic carbocycles. The van der Waals surface area contributed by atoms with Crippen LogP contribution in [0.5, 0.6) is 5.75 Å². The van der Waals surface area contributed by atoms with Gasteiger partial charge in [-0.2, -0.15) is 25.5 Å². The number of nitrogens with one attached hydrogen (secondary N) is 6. The third kappa shape index (κ3) is 19.3. The molecule has 0 aliphatic carbocycles. The maximum atomic E-state index is 12.5. The maximum absolute atomic E-state index is 12.5. The zero-order valence-corrected chi connectivity index (χ0v) is 63.5. The number of piperidine rings is 4. The zero-order valence-electron chi connectivity index (χ0n) is 59.6. The van der Waals surface area contributed by atoms with Gasteiger partial charge in [0, 0.05) is 187 Å². The standard InChI is InChI=1S/C16H14ClN3O.C15H19ClN4O.C15H18ClN3O.C14H17ClN4O.C14H16F3N3O3S/c1-10(21)20(2)13-5-3-11(4-6-13)14-7-12(17)8-16-15(14)9-18-19-16;1-10(21)19(2)12-3-5-20(6-4-12)15-8-11(16)7-14-13(15)9-17-18-14;1-2-15(20)10-3-5-19(6-4-10)14-8-11(16)7-13-12(14)9-17-18-13;1-9(20)17-11-2-4-19(5-3-11)14-7-10(15)6-13-12(14)8-16-18-13;1-24(21,22)20-4-2-9(3-5-20)11-6-10(23-14(15,16)17)7-13-12(11)8-18-19-13/h3-9H,1-2H3,(H,18,19);7-9,12H,3-6H2,1-2H3,(H,17,18);7-10H,2-6H2,1H3,(H,17,18);6-8,11H,2-5H2,1H3,(H,16,18)(H,17,20);6-9H,2-5H2,1H3,(H,18,19). The third-order valence-electron chi connectivity index (χ3n) is 20.0. The van der Waals surface area contributed by atoms with Crippen molar-refractivity contribution in [2.75, 3.05) is 92.3 Å². The molecule has 0 spiro atoms. The molecule has 0 bridgehead atoms. The van der Waals surface area contributed by atoms with Crippen molar-refractivity contribution in [1.82, 2.24) is 65.5 Å². The van der Waals surface area contributed by atoms with Crippen LogP contribution in [0.3, 0.4) is 0 Å². The molecule has 15 rings (SSSR count). The third-order valence-corrected chi connectivity index (χ3v) is 22.1. The summed E-state index contributed by atoms with van der Waals surface area (Å²) in [5.74, 6) is 0.443. The Bertz CT molecular complexity index is 5020. The largest absolute Gasteiger partial charge is 0.573 e. The SMILES string of the molecule is CC(=O)N(C)C1CCN(c2cc(Cl)cc3[nH]ncc23)CC1.CC(=O)N(C)c1ccc(-c2cc(Cl)cc3[nH]ncc23)cc1.CC(=O)NC1CCN(c2cc(Cl)cc3[nH]ncc23)CC1.CCC(=O)C1CCN(c2cc(Cl)cc3[nH]ncc23)CC1.CS(=O)(=O)N1CCC(c2cc(OC(F)(F)F)cc3[nH]ncc23)CC1. The van der Waals surface area contributed by atoms with Crippen LogP contribution in [0.4, 0.5) is 35.9 Å². The number of Topliss-reactive ketones (excluding diaryl/α,β-unsaturated/α-hetero) is 1. The molecule has 106 heavy (non-hydrogen) atoms. The minimum Gasteiger partial charge on any atom is -0.406 e. The van der Waals surface area contributed by atoms with E-state index in [1.807, 2.05) is 110 Å². The highest BCUT2D eigenvalue weighted by atomic mass is 35.5. The molecule has 32 heteroatoms. The number of halogens is 7. The molecule has 0 saturated carbocycles. The Labute approximate surface area is 630 Å². The number of rotatable bonds is 12. The minimum atomic E-state index is -4.77. The second-order valence-electron chi connectivity index (χ2n) is 26.9. The summed E-state index contributed by atoms with van der Waals surface area (Å²) in [5.41, 5.74) is 11.2. The van der Waals surface area contributed by atoms with Gasteiger partial charge < -0.3 is 34.6 Å². The first kappa shape index (κ1) is 77.9. The van der Waals surface area contributed by atoms with Gasteiger partial charge in [0.15, 0.2) is 0 Å². The van der Waals surface area contributed by atoms with Crippen LogP contribution in [-0.4, -0.2) is 183 Å². The van der Waals surface area contributed by atoms with E-state index in [-0.39, 0.29) is 41.3 Å². The molecule has 0 radical (unpaired) electrons. The molecular formula is C74H84Cl4F3N17O7S. The normalized spacial score (nSPS) is 15.8. The Kier molecular flexibility index (Phi) is 25.1. The van der Waals surface area contributed by atoms with Crippen molar-refractivity contribution in [1.29, 1.82) is 0 Å². The predicted molar refractivity (Wildman–Crippen MR) is 413 cm³/mol. The van der Waals surface area contributed by atoms with Crippen LogP contribution in [0.2, 0.25) is 20.1 Å². The number of carbonyl (C=O) groups excluding carboxylic acids is 4. The van der Waals surface area contributed by atoms with E-state index in [0.717, 1.165) is 167 Å². The highest BCUT2D eigenvalue weighted by Gasteiger charge is 2.34. The second-order valence-corrected chi connectivity index (χ2v) is 30.6. The van der Waals surface area contributed by atoms with Gasteiger partial charge in [-0.3, -0.25) is 44.7 Å². The van der Waals surface area contributed by atoms with Crippen LogP contribution in [0.25, 0.3) is 65.6 Å². The maximum Gasteiger partial charge on any atom is 0.573 e. The van der Waals surface area contributed by atoms with Crippen LogP contribution in [0.15, 0.2) is 116 Å². The van der Waals surface area contributed by atoms with E-state index in [9.17, 15) is 40.8 Å². The van der Waals surface area contributed by atoms with Gasteiger partial charge in [0.25, 0.3) is 0 Å². The lowest BCUT2D eigenvalue weighted by Gasteiger charge is -2.37. The summed E-state index contributed by atoms with van der Waals surface area (Å²) in [4.78, 5) is 56.1. The van der Waals surface area contributed by atoms with E-state index in [4.69, 9.17) is 46.4 Å². The van der Waals surface area contributed by atoms with Crippen molar-refractivity contribution in [2.24, 2.45) is 5.92 Å². The number of ether oxygens (including phenoxy) is 1. The second kappa shape index (κ2) is 34.1. The number of hydrogen-bond acceptors (Lipinski definition) is 15. The number of nitrogens with zero attached hydrogens (tertiary/aromatic N) is 11. The number of amides is 3. The van der Waals surface area contributed by atoms with Gasteiger partial charge in [0.1, 0.15) is 11.5 Å². The van der Waals surface area contributed by atoms with Gasteiger partial charge in [-0.1, -0.05) is 65.5 Å². The topological polar surface area (TPSA) is 287 Å². The van der Waals surface area contributed by atoms with Gasteiger partial charge >= 0.3 is 6.36 Å². The van der Waals surface area contributed by atoms with Crippen molar-refractivity contribution >= 4 is 157 Å². The smallest absolute Gasteiger partial charge is 0.406 e. The fourth-order valence-corrected chi connectivity index (χ4v) is 15.9. The van der Waals surface area contributed by atoms with Crippen molar-refractivity contribution in [2.45, 2.75) is 110 Å². The molecule has 4 aliphatic rings. The average molecular weight is 1550 g/mol. The van der Waals surface area contributed by atoms with Gasteiger partial charge in [-0.25, -0.2) is 12.7 Å². The summed E-state index contributed by atoms with van der Waals surface area (Å²) >= 11 is 24.7. The van der Waals surface area contributed by atoms with Crippen molar-refractivity contribution in [3.8, 4) is 16.9 Å². The highest BCUT2D eigenvalue weighted by Crippen LogP contribution is 2.40. The van der Waals surface area contributed by atoms with Crippen LogP contribution < -0.4 is 29.7 Å². The van der Waals surface area contributed by atoms with Gasteiger partial charge in [-0.15, -0.1) is 13.2 Å². The molecule has 9 heterocycles. The number of anilines is 4. The molecule has 0 unspecified atom stereocenters. The first-order valence-electron chi connectivity index (χ1n) is 34.9. The summed E-state index contributed by atoms with van der Waals surface area (Å²) < 4.78 is 66.1. The quantitative estimate of drug-likeness (QED) is 0.0663. The van der Waals surface area contributed by atoms with Crippen molar-refractivity contribution < 1.29 is 45.5 Å². The monoisotopic (exact) mass is 1550 g/mol. The highest BCUT2D eigenvalue weighted by molar-refractivity contribution is 7.88. The van der Waals surface area contributed by atoms with Crippen molar-refractivity contribution in [3.05, 3.63) is 142 Å². The van der Waals surface area contributed by atoms with Crippen LogP contribution in [-0.2, 0) is 29.2 Å². The fraction of sp³-hybridized carbons (Fsp3) is 0.392. The van der Waals surface area contributed by atoms with E-state index in [1.54, 1.807) is 45.1 Å². The predicted octanol–water partition coefficient (Wildman–Crippen LogP) is 14.9. The Morgan fingerprint density at radius 2 is 0.962 bits per heavy atom. The van der Waals surface area contributed by atoms with Crippen LogP contribution in [0.1, 0.15) is 97.0 Å². The molecule has 0 atom stereocenters. The lowest BCUT2D eigenvalue weighted by Crippen LogP contribution is -2.45. The lowest BCUT2D eigenvalue weighted by atomic mass is 9.88. The van der Waals surface area contributed by atoms with Gasteiger partial charge in [-0.05, 0) is 141 Å². The van der Waals surface area contributed by atoms with E-state index < -0.39 is 16.4 Å². The molecule has 6 N–H and O–H groups in total. The van der Waals surface area contributed by atoms with Crippen LogP contribution in [0, 0.1) is 5.92 Å². The molecule has 4 fully saturated rings. The minimum absolute atomic E-state index is 0.00253. The summed E-state index contributed by atoms with van der Waals surface area (Å²) in [5, 5.41) is 45.5. The number of sulfonamides is 1. The lowest BCUT2D eigenvalue weighted by molar-refractivity contribution is -0.274. The number of carbonyl (C=O) groups is 4. The number of ketones is 1. The number of aromatic amines is 5. The number of hydrogen-bond donors (Lipinski definition) is 6. The number of aromatic nitrogens is 10. The Morgan fingerprint density at radius 3 is 1.39 bits per heavy atom. The van der Waals surface area contributed by atoms with Crippen LogP contribution >= 0.6 is 46.4 Å². The summed E-state index contributed by atoms with van der Waals surface area (Å²) in [6.07, 6.45) is 12.7. The summed E-state index contributed by atoms with van der Waals surface area (Å²) in [6.45, 7) is 12.8.